The SMILES string of the molecule is C#Cc1c(N2CCN(C(=O)C=C)CC2)c2cc(F)c(Cl)nc2n(-c2c(C(C)C)ccnc2C(C)C)c1=O. The van der Waals surface area contributed by atoms with E-state index in [4.69, 9.17) is 18.0 Å². The van der Waals surface area contributed by atoms with Gasteiger partial charge in [0.2, 0.25) is 5.91 Å². The van der Waals surface area contributed by atoms with Gasteiger partial charge in [-0.3, -0.25) is 19.1 Å². The number of piperazine rings is 1. The zero-order valence-corrected chi connectivity index (χ0v) is 22.1. The molecule has 1 saturated heterocycles. The van der Waals surface area contributed by atoms with Gasteiger partial charge < -0.3 is 9.80 Å². The van der Waals surface area contributed by atoms with Crippen molar-refractivity contribution in [2.75, 3.05) is 31.1 Å². The summed E-state index contributed by atoms with van der Waals surface area (Å²) in [6.07, 6.45) is 8.93. The molecular weight excluding hydrogens is 493 g/mol. The van der Waals surface area contributed by atoms with Crippen molar-refractivity contribution in [2.24, 2.45) is 0 Å². The lowest BCUT2D eigenvalue weighted by atomic mass is 9.96. The fourth-order valence-electron chi connectivity index (χ4n) is 4.81. The van der Waals surface area contributed by atoms with Gasteiger partial charge in [-0.05, 0) is 35.6 Å². The summed E-state index contributed by atoms with van der Waals surface area (Å²) in [5.74, 6) is 1.71. The largest absolute Gasteiger partial charge is 0.366 e. The van der Waals surface area contributed by atoms with Crippen LogP contribution in [-0.4, -0.2) is 51.5 Å². The van der Waals surface area contributed by atoms with Crippen molar-refractivity contribution in [1.82, 2.24) is 19.4 Å². The van der Waals surface area contributed by atoms with Crippen LogP contribution in [0.15, 0.2) is 35.8 Å². The lowest BCUT2D eigenvalue weighted by Gasteiger charge is -2.36. The van der Waals surface area contributed by atoms with Gasteiger partial charge in [-0.1, -0.05) is 51.8 Å². The van der Waals surface area contributed by atoms with Crippen LogP contribution in [0.2, 0.25) is 5.15 Å². The molecule has 9 heteroatoms. The van der Waals surface area contributed by atoms with E-state index in [1.165, 1.54) is 16.7 Å². The molecule has 1 aliphatic rings. The maximum atomic E-state index is 14.9. The van der Waals surface area contributed by atoms with Crippen molar-refractivity contribution >= 4 is 34.2 Å². The summed E-state index contributed by atoms with van der Waals surface area (Å²) in [7, 11) is 0. The first kappa shape index (κ1) is 26.4. The van der Waals surface area contributed by atoms with Gasteiger partial charge in [-0.25, -0.2) is 9.37 Å². The van der Waals surface area contributed by atoms with Gasteiger partial charge in [0.05, 0.1) is 17.1 Å². The summed E-state index contributed by atoms with van der Waals surface area (Å²) in [6, 6.07) is 3.15. The minimum Gasteiger partial charge on any atom is -0.366 e. The number of terminal acetylenes is 1. The minimum atomic E-state index is -0.719. The van der Waals surface area contributed by atoms with E-state index in [1.807, 2.05) is 38.7 Å². The summed E-state index contributed by atoms with van der Waals surface area (Å²) in [5, 5.41) is 0.0220. The van der Waals surface area contributed by atoms with Gasteiger partial charge in [0.15, 0.2) is 16.6 Å². The number of rotatable bonds is 5. The van der Waals surface area contributed by atoms with E-state index in [0.29, 0.717) is 48.6 Å². The zero-order valence-electron chi connectivity index (χ0n) is 21.4. The second-order valence-corrected chi connectivity index (χ2v) is 9.96. The molecular formula is C28H29ClFN5O2. The predicted octanol–water partition coefficient (Wildman–Crippen LogP) is 4.64. The average Bonchev–Trinajstić information content (AvgIpc) is 2.88. The highest BCUT2D eigenvalue weighted by Crippen LogP contribution is 2.35. The molecule has 0 aliphatic carbocycles. The Balaban J connectivity index is 2.08. The van der Waals surface area contributed by atoms with Gasteiger partial charge >= 0.3 is 0 Å². The Morgan fingerprint density at radius 3 is 2.43 bits per heavy atom. The number of carbonyl (C=O) groups excluding carboxylic acids is 1. The Kier molecular flexibility index (Phi) is 7.37. The molecule has 3 aromatic heterocycles. The monoisotopic (exact) mass is 521 g/mol. The fraction of sp³-hybridized carbons (Fsp3) is 0.357. The summed E-state index contributed by atoms with van der Waals surface area (Å²) in [4.78, 5) is 38.7. The van der Waals surface area contributed by atoms with Crippen molar-refractivity contribution < 1.29 is 9.18 Å². The van der Waals surface area contributed by atoms with Crippen LogP contribution in [0.4, 0.5) is 10.1 Å². The molecule has 1 amide bonds. The number of nitrogens with zero attached hydrogens (tertiary/aromatic N) is 5. The second kappa shape index (κ2) is 10.3. The van der Waals surface area contributed by atoms with Gasteiger partial charge in [-0.2, -0.15) is 0 Å². The van der Waals surface area contributed by atoms with E-state index in [9.17, 15) is 14.0 Å². The van der Waals surface area contributed by atoms with Crippen molar-refractivity contribution in [2.45, 2.75) is 39.5 Å². The molecule has 1 fully saturated rings. The van der Waals surface area contributed by atoms with E-state index in [-0.39, 0.29) is 34.1 Å². The molecule has 0 saturated carbocycles. The Morgan fingerprint density at radius 2 is 1.86 bits per heavy atom. The molecule has 3 aromatic rings. The summed E-state index contributed by atoms with van der Waals surface area (Å²) in [5.41, 5.74) is 2.41. The number of hydrogen-bond donors (Lipinski definition) is 0. The fourth-order valence-corrected chi connectivity index (χ4v) is 4.94. The van der Waals surface area contributed by atoms with E-state index < -0.39 is 11.4 Å². The van der Waals surface area contributed by atoms with Crippen molar-refractivity contribution in [3.8, 4) is 18.0 Å². The van der Waals surface area contributed by atoms with Gasteiger partial charge in [0, 0.05) is 37.8 Å². The minimum absolute atomic E-state index is 0.0176. The number of anilines is 1. The lowest BCUT2D eigenvalue weighted by molar-refractivity contribution is -0.126. The molecule has 37 heavy (non-hydrogen) atoms. The first-order valence-corrected chi connectivity index (χ1v) is 12.5. The van der Waals surface area contributed by atoms with E-state index >= 15 is 0 Å². The van der Waals surface area contributed by atoms with Crippen LogP contribution >= 0.6 is 11.6 Å². The first-order valence-electron chi connectivity index (χ1n) is 12.2. The molecule has 0 unspecified atom stereocenters. The molecule has 0 N–H and O–H groups in total. The van der Waals surface area contributed by atoms with Crippen molar-refractivity contribution in [3.63, 3.8) is 0 Å². The third kappa shape index (κ3) is 4.60. The van der Waals surface area contributed by atoms with Gasteiger partial charge in [-0.15, -0.1) is 6.42 Å². The third-order valence-electron chi connectivity index (χ3n) is 6.64. The highest BCUT2D eigenvalue weighted by molar-refractivity contribution is 6.30. The number of amides is 1. The van der Waals surface area contributed by atoms with E-state index in [2.05, 4.69) is 22.5 Å². The third-order valence-corrected chi connectivity index (χ3v) is 6.90. The molecule has 1 aliphatic heterocycles. The van der Waals surface area contributed by atoms with Crippen LogP contribution in [0.5, 0.6) is 0 Å². The predicted molar refractivity (Wildman–Crippen MR) is 145 cm³/mol. The Labute approximate surface area is 220 Å². The standard InChI is InChI=1S/C28H29ClFN5O2/c1-7-18-24(34-13-11-33(12-14-34)22(36)8-2)20-15-21(30)26(29)32-27(20)35(28(18)37)25-19(16(3)4)9-10-31-23(25)17(5)6/h1,8-10,15-17H,2,11-14H2,3-6H3. The highest BCUT2D eigenvalue weighted by Gasteiger charge is 2.29. The highest BCUT2D eigenvalue weighted by atomic mass is 35.5. The zero-order chi connectivity index (χ0) is 27.0. The molecule has 0 spiro atoms. The Bertz CT molecular complexity index is 1470. The molecule has 0 bridgehead atoms. The summed E-state index contributed by atoms with van der Waals surface area (Å²) < 4.78 is 16.3. The van der Waals surface area contributed by atoms with E-state index in [0.717, 1.165) is 5.56 Å². The topological polar surface area (TPSA) is 71.3 Å². The van der Waals surface area contributed by atoms with Crippen molar-refractivity contribution in [1.29, 1.82) is 0 Å². The number of halogens is 2. The van der Waals surface area contributed by atoms with Crippen LogP contribution in [0.25, 0.3) is 16.7 Å². The number of hydrogen-bond acceptors (Lipinski definition) is 5. The molecule has 4 rings (SSSR count). The van der Waals surface area contributed by atoms with Crippen LogP contribution in [0.3, 0.4) is 0 Å². The van der Waals surface area contributed by atoms with E-state index in [1.54, 1.807) is 11.1 Å². The Hall–Kier alpha value is -3.70. The van der Waals surface area contributed by atoms with Gasteiger partial charge in [0.25, 0.3) is 5.56 Å². The van der Waals surface area contributed by atoms with Crippen LogP contribution in [-0.2, 0) is 4.79 Å². The first-order chi connectivity index (χ1) is 17.6. The maximum Gasteiger partial charge on any atom is 0.274 e. The summed E-state index contributed by atoms with van der Waals surface area (Å²) in [6.45, 7) is 13.2. The van der Waals surface area contributed by atoms with Crippen molar-refractivity contribution in [3.05, 3.63) is 69.1 Å². The molecule has 192 valence electrons. The Morgan fingerprint density at radius 1 is 1.19 bits per heavy atom. The lowest BCUT2D eigenvalue weighted by Crippen LogP contribution is -2.49. The van der Waals surface area contributed by atoms with Crippen LogP contribution in [0.1, 0.15) is 56.4 Å². The van der Waals surface area contributed by atoms with Crippen LogP contribution < -0.4 is 10.5 Å². The van der Waals surface area contributed by atoms with Gasteiger partial charge in [0.1, 0.15) is 5.56 Å². The number of pyridine rings is 3. The summed E-state index contributed by atoms with van der Waals surface area (Å²) >= 11 is 6.16. The number of aromatic nitrogens is 3. The van der Waals surface area contributed by atoms with Crippen LogP contribution in [0, 0.1) is 18.2 Å². The normalized spacial score (nSPS) is 13.9. The molecule has 7 nitrogen and oxygen atoms in total. The number of carbonyl (C=O) groups is 1. The number of fused-ring (bicyclic) bond motifs is 1. The molecule has 4 heterocycles. The maximum absolute atomic E-state index is 14.9. The average molecular weight is 522 g/mol. The molecule has 0 atom stereocenters. The molecule has 0 aromatic carbocycles. The smallest absolute Gasteiger partial charge is 0.274 e. The second-order valence-electron chi connectivity index (χ2n) is 9.60. The molecule has 0 radical (unpaired) electrons. The quantitative estimate of drug-likeness (QED) is 0.278.